The third-order valence-corrected chi connectivity index (χ3v) is 6.81. The number of pyridine rings is 1. The number of primary amides is 1. The number of carbonyl (C=O) groups is 2. The highest BCUT2D eigenvalue weighted by Crippen LogP contribution is 2.31. The van der Waals surface area contributed by atoms with Gasteiger partial charge in [-0.1, -0.05) is 42.5 Å². The Balaban J connectivity index is 1.52. The molecule has 0 unspecified atom stereocenters. The van der Waals surface area contributed by atoms with Crippen LogP contribution in [0.25, 0.3) is 22.4 Å². The zero-order chi connectivity index (χ0) is 31.4. The van der Waals surface area contributed by atoms with Crippen molar-refractivity contribution in [2.75, 3.05) is 0 Å². The lowest BCUT2D eigenvalue weighted by Gasteiger charge is -2.22. The van der Waals surface area contributed by atoms with Gasteiger partial charge < -0.3 is 11.1 Å². The highest BCUT2D eigenvalue weighted by Gasteiger charge is 2.25. The Labute approximate surface area is 248 Å². The normalized spacial score (nSPS) is 11.9. The van der Waals surface area contributed by atoms with Gasteiger partial charge in [0, 0.05) is 23.4 Å². The van der Waals surface area contributed by atoms with Gasteiger partial charge in [-0.2, -0.15) is 5.10 Å². The summed E-state index contributed by atoms with van der Waals surface area (Å²) in [5.74, 6) is -4.27. The lowest BCUT2D eigenvalue weighted by atomic mass is 9.94. The van der Waals surface area contributed by atoms with Crippen LogP contribution in [0.1, 0.15) is 39.8 Å². The molecule has 12 heteroatoms. The number of carbonyl (C=O) groups excluding carboxylic acids is 2. The number of alkyl halides is 2. The van der Waals surface area contributed by atoms with Crippen LogP contribution < -0.4 is 11.1 Å². The average molecular weight is 606 g/mol. The van der Waals surface area contributed by atoms with E-state index in [2.05, 4.69) is 15.4 Å². The molecule has 1 atom stereocenters. The number of halogens is 5. The number of aromatic nitrogens is 3. The first kappa shape index (κ1) is 30.1. The maximum absolute atomic E-state index is 14.2. The van der Waals surface area contributed by atoms with Gasteiger partial charge in [-0.05, 0) is 53.9 Å². The molecular formula is C32H24F5N5O2. The number of benzene rings is 3. The standard InChI is InChI=1S/C32H24F5N5O2/c33-21-11-18(12-22(34)15-21)13-27(30-23(7-4-10-39-30)20-8-9-25(35)24(14-20)32(38)44)40-29(43)17-42-28(31(36)37)16-26(41-42)19-5-2-1-3-6-19/h1-12,14-16,27,31H,13,17H2,(H2,38,44)(H,40,43)/t27-/m0/s1. The molecule has 0 aliphatic rings. The second-order valence-corrected chi connectivity index (χ2v) is 9.88. The van der Waals surface area contributed by atoms with E-state index in [4.69, 9.17) is 5.73 Å². The summed E-state index contributed by atoms with van der Waals surface area (Å²) in [6.45, 7) is -0.606. The predicted molar refractivity (Wildman–Crippen MR) is 152 cm³/mol. The molecule has 0 bridgehead atoms. The van der Waals surface area contributed by atoms with Crippen LogP contribution in [0.3, 0.4) is 0 Å². The quantitative estimate of drug-likeness (QED) is 0.186. The molecule has 3 N–H and O–H groups in total. The minimum Gasteiger partial charge on any atom is -0.366 e. The van der Waals surface area contributed by atoms with Crippen LogP contribution in [0.4, 0.5) is 22.0 Å². The number of nitrogens with one attached hydrogen (secondary N) is 1. The fourth-order valence-corrected chi connectivity index (χ4v) is 4.86. The minimum atomic E-state index is -2.93. The zero-order valence-electron chi connectivity index (χ0n) is 22.9. The van der Waals surface area contributed by atoms with E-state index in [0.29, 0.717) is 22.8 Å². The molecule has 2 amide bonds. The van der Waals surface area contributed by atoms with E-state index in [0.717, 1.165) is 22.9 Å². The molecular weight excluding hydrogens is 581 g/mol. The minimum absolute atomic E-state index is 0.162. The molecule has 44 heavy (non-hydrogen) atoms. The number of hydrogen-bond donors (Lipinski definition) is 2. The Kier molecular flexibility index (Phi) is 8.79. The molecule has 0 spiro atoms. The Morgan fingerprint density at radius 2 is 1.59 bits per heavy atom. The van der Waals surface area contributed by atoms with Crippen molar-refractivity contribution in [2.45, 2.75) is 25.4 Å². The van der Waals surface area contributed by atoms with Crippen LogP contribution in [-0.2, 0) is 17.8 Å². The van der Waals surface area contributed by atoms with E-state index in [1.54, 1.807) is 42.5 Å². The summed E-state index contributed by atoms with van der Waals surface area (Å²) >= 11 is 0. The first-order chi connectivity index (χ1) is 21.1. The van der Waals surface area contributed by atoms with Gasteiger partial charge in [0.2, 0.25) is 5.91 Å². The molecule has 2 aromatic heterocycles. The SMILES string of the molecule is NC(=O)c1cc(-c2cccnc2[C@H](Cc2cc(F)cc(F)c2)NC(=O)Cn2nc(-c3ccccc3)cc2C(F)F)ccc1F. The molecule has 7 nitrogen and oxygen atoms in total. The third-order valence-electron chi connectivity index (χ3n) is 6.81. The molecule has 0 aliphatic carbocycles. The molecule has 3 aromatic carbocycles. The monoisotopic (exact) mass is 605 g/mol. The molecule has 5 aromatic rings. The summed E-state index contributed by atoms with van der Waals surface area (Å²) in [6, 6.07) is 18.4. The van der Waals surface area contributed by atoms with Crippen LogP contribution in [0.5, 0.6) is 0 Å². The van der Waals surface area contributed by atoms with E-state index in [1.807, 2.05) is 0 Å². The summed E-state index contributed by atoms with van der Waals surface area (Å²) in [6.07, 6.45) is -1.68. The van der Waals surface area contributed by atoms with Gasteiger partial charge in [-0.3, -0.25) is 19.3 Å². The molecule has 0 fully saturated rings. The van der Waals surface area contributed by atoms with Crippen molar-refractivity contribution in [3.8, 4) is 22.4 Å². The number of nitrogens with two attached hydrogens (primary N) is 1. The molecule has 224 valence electrons. The maximum Gasteiger partial charge on any atom is 0.280 e. The summed E-state index contributed by atoms with van der Waals surface area (Å²) in [5.41, 5.74) is 6.33. The Bertz CT molecular complexity index is 1810. The smallest absolute Gasteiger partial charge is 0.280 e. The summed E-state index contributed by atoms with van der Waals surface area (Å²) in [4.78, 5) is 29.6. The first-order valence-corrected chi connectivity index (χ1v) is 13.3. The summed E-state index contributed by atoms with van der Waals surface area (Å²) in [5, 5.41) is 6.94. The lowest BCUT2D eigenvalue weighted by molar-refractivity contribution is -0.122. The van der Waals surface area contributed by atoms with E-state index < -0.39 is 54.0 Å². The van der Waals surface area contributed by atoms with Crippen LogP contribution in [0.15, 0.2) is 91.1 Å². The van der Waals surface area contributed by atoms with Crippen LogP contribution in [0, 0.1) is 17.5 Å². The summed E-state index contributed by atoms with van der Waals surface area (Å²) in [7, 11) is 0. The fourth-order valence-electron chi connectivity index (χ4n) is 4.86. The van der Waals surface area contributed by atoms with Gasteiger partial charge in [0.15, 0.2) is 0 Å². The second kappa shape index (κ2) is 12.9. The summed E-state index contributed by atoms with van der Waals surface area (Å²) < 4.78 is 71.1. The number of hydrogen-bond acceptors (Lipinski definition) is 4. The topological polar surface area (TPSA) is 103 Å². The van der Waals surface area contributed by atoms with Crippen molar-refractivity contribution in [1.82, 2.24) is 20.1 Å². The van der Waals surface area contributed by atoms with Crippen LogP contribution in [-0.4, -0.2) is 26.6 Å². The van der Waals surface area contributed by atoms with Crippen molar-refractivity contribution in [3.63, 3.8) is 0 Å². The van der Waals surface area contributed by atoms with Gasteiger partial charge in [-0.25, -0.2) is 22.0 Å². The van der Waals surface area contributed by atoms with Crippen molar-refractivity contribution < 1.29 is 31.5 Å². The van der Waals surface area contributed by atoms with Crippen molar-refractivity contribution in [2.24, 2.45) is 5.73 Å². The van der Waals surface area contributed by atoms with Crippen molar-refractivity contribution in [3.05, 3.63) is 131 Å². The lowest BCUT2D eigenvalue weighted by Crippen LogP contribution is -2.34. The van der Waals surface area contributed by atoms with Crippen LogP contribution >= 0.6 is 0 Å². The Morgan fingerprint density at radius 1 is 0.864 bits per heavy atom. The highest BCUT2D eigenvalue weighted by molar-refractivity contribution is 5.94. The molecule has 0 saturated heterocycles. The van der Waals surface area contributed by atoms with E-state index >= 15 is 0 Å². The van der Waals surface area contributed by atoms with Gasteiger partial charge in [0.1, 0.15) is 29.7 Å². The van der Waals surface area contributed by atoms with E-state index in [-0.39, 0.29) is 28.9 Å². The zero-order valence-corrected chi connectivity index (χ0v) is 22.9. The molecule has 2 heterocycles. The second-order valence-electron chi connectivity index (χ2n) is 9.88. The number of nitrogens with zero attached hydrogens (tertiary/aromatic N) is 3. The van der Waals surface area contributed by atoms with E-state index in [9.17, 15) is 31.5 Å². The average Bonchev–Trinajstić information content (AvgIpc) is 3.41. The molecule has 5 rings (SSSR count). The number of amides is 2. The predicted octanol–water partition coefficient (Wildman–Crippen LogP) is 6.17. The van der Waals surface area contributed by atoms with Gasteiger partial charge >= 0.3 is 0 Å². The van der Waals surface area contributed by atoms with E-state index in [1.165, 1.54) is 24.4 Å². The van der Waals surface area contributed by atoms with Crippen molar-refractivity contribution in [1.29, 1.82) is 0 Å². The maximum atomic E-state index is 14.2. The van der Waals surface area contributed by atoms with Gasteiger partial charge in [-0.15, -0.1) is 0 Å². The fraction of sp³-hybridized carbons (Fsp3) is 0.125. The van der Waals surface area contributed by atoms with Gasteiger partial charge in [0.25, 0.3) is 12.3 Å². The van der Waals surface area contributed by atoms with Crippen LogP contribution in [0.2, 0.25) is 0 Å². The molecule has 0 saturated carbocycles. The molecule has 0 aliphatic heterocycles. The first-order valence-electron chi connectivity index (χ1n) is 13.3. The van der Waals surface area contributed by atoms with Gasteiger partial charge in [0.05, 0.1) is 23.0 Å². The highest BCUT2D eigenvalue weighted by atomic mass is 19.3. The third kappa shape index (κ3) is 6.80. The molecule has 0 radical (unpaired) electrons. The number of rotatable bonds is 10. The van der Waals surface area contributed by atoms with Crippen molar-refractivity contribution >= 4 is 11.8 Å². The Hall–Kier alpha value is -5.39. The largest absolute Gasteiger partial charge is 0.366 e. The Morgan fingerprint density at radius 3 is 2.27 bits per heavy atom.